The van der Waals surface area contributed by atoms with E-state index in [1.165, 1.54) is 24.3 Å². The topological polar surface area (TPSA) is 114 Å². The van der Waals surface area contributed by atoms with Gasteiger partial charge in [0, 0.05) is 50.4 Å². The average molecular weight is 495 g/mol. The fourth-order valence-electron chi connectivity index (χ4n) is 5.41. The third kappa shape index (κ3) is 5.13. The molecular weight excluding hydrogens is 464 g/mol. The third-order valence-corrected chi connectivity index (χ3v) is 7.34. The van der Waals surface area contributed by atoms with Crippen LogP contribution in [0.4, 0.5) is 5.69 Å². The smallest absolute Gasteiger partial charge is 0.269 e. The van der Waals surface area contributed by atoms with Gasteiger partial charge in [0.25, 0.3) is 11.6 Å². The number of nitrogens with one attached hydrogen (secondary N) is 1. The Kier molecular flexibility index (Phi) is 7.04. The second-order valence-corrected chi connectivity index (χ2v) is 9.53. The predicted octanol–water partition coefficient (Wildman–Crippen LogP) is 2.96. The largest absolute Gasteiger partial charge is 0.454 e. The highest BCUT2D eigenvalue weighted by molar-refractivity contribution is 5.94. The maximum Gasteiger partial charge on any atom is 0.269 e. The molecule has 1 N–H and O–H groups in total. The molecule has 2 amide bonds. The Morgan fingerprint density at radius 2 is 1.69 bits per heavy atom. The van der Waals surface area contributed by atoms with Crippen molar-refractivity contribution in [2.24, 2.45) is 5.92 Å². The number of ether oxygens (including phenoxy) is 2. The lowest BCUT2D eigenvalue weighted by Gasteiger charge is -2.40. The number of rotatable bonds is 7. The van der Waals surface area contributed by atoms with Crippen LogP contribution in [0.3, 0.4) is 0 Å². The number of nitro benzene ring substituents is 1. The summed E-state index contributed by atoms with van der Waals surface area (Å²) in [6.45, 7) is 2.86. The van der Waals surface area contributed by atoms with Crippen molar-refractivity contribution in [1.29, 1.82) is 0 Å². The van der Waals surface area contributed by atoms with Gasteiger partial charge in [0.15, 0.2) is 11.5 Å². The Labute approximate surface area is 209 Å². The summed E-state index contributed by atoms with van der Waals surface area (Å²) in [7, 11) is 0. The van der Waals surface area contributed by atoms with Crippen LogP contribution in [0, 0.1) is 16.0 Å². The van der Waals surface area contributed by atoms with Crippen molar-refractivity contribution in [3.63, 3.8) is 0 Å². The van der Waals surface area contributed by atoms with Gasteiger partial charge in [0.05, 0.1) is 11.0 Å². The number of amides is 2. The van der Waals surface area contributed by atoms with Gasteiger partial charge < -0.3 is 19.7 Å². The molecule has 0 bridgehead atoms. The molecule has 1 saturated heterocycles. The first kappa shape index (κ1) is 24.1. The molecule has 0 spiro atoms. The standard InChI is InChI=1S/C26H30N4O6/c31-25(27-16-18-5-10-22-23(15-18)36-17-35-22)24(19-3-1-2-4-19)28-11-13-29(14-12-28)26(32)20-6-8-21(9-7-20)30(33)34/h5-10,15,19,24H,1-4,11-14,16-17H2,(H,27,31). The van der Waals surface area contributed by atoms with Crippen molar-refractivity contribution < 1.29 is 24.0 Å². The Hall–Kier alpha value is -3.66. The summed E-state index contributed by atoms with van der Waals surface area (Å²) in [6, 6.07) is 11.2. The van der Waals surface area contributed by atoms with E-state index >= 15 is 0 Å². The molecule has 1 atom stereocenters. The van der Waals surface area contributed by atoms with E-state index in [-0.39, 0.29) is 30.3 Å². The molecule has 190 valence electrons. The molecule has 36 heavy (non-hydrogen) atoms. The number of piperazine rings is 1. The van der Waals surface area contributed by atoms with E-state index in [2.05, 4.69) is 10.2 Å². The first-order valence-corrected chi connectivity index (χ1v) is 12.4. The molecule has 1 aliphatic carbocycles. The third-order valence-electron chi connectivity index (χ3n) is 7.34. The monoisotopic (exact) mass is 494 g/mol. The van der Waals surface area contributed by atoms with Crippen molar-refractivity contribution in [1.82, 2.24) is 15.1 Å². The molecule has 2 aromatic carbocycles. The zero-order valence-corrected chi connectivity index (χ0v) is 20.1. The maximum absolute atomic E-state index is 13.4. The minimum atomic E-state index is -0.478. The molecule has 2 aliphatic heterocycles. The van der Waals surface area contributed by atoms with Gasteiger partial charge in [-0.3, -0.25) is 24.6 Å². The number of carbonyl (C=O) groups excluding carboxylic acids is 2. The van der Waals surface area contributed by atoms with E-state index in [1.807, 2.05) is 18.2 Å². The Morgan fingerprint density at radius 1 is 1.00 bits per heavy atom. The molecule has 2 fully saturated rings. The summed E-state index contributed by atoms with van der Waals surface area (Å²) in [5.41, 5.74) is 1.35. The van der Waals surface area contributed by atoms with E-state index in [0.717, 1.165) is 37.0 Å². The Morgan fingerprint density at radius 3 is 2.39 bits per heavy atom. The van der Waals surface area contributed by atoms with Crippen LogP contribution in [-0.4, -0.2) is 65.6 Å². The molecule has 1 unspecified atom stereocenters. The van der Waals surface area contributed by atoms with Gasteiger partial charge in [-0.15, -0.1) is 0 Å². The summed E-state index contributed by atoms with van der Waals surface area (Å²) in [5, 5.41) is 14.0. The van der Waals surface area contributed by atoms with Crippen molar-refractivity contribution in [2.75, 3.05) is 33.0 Å². The Balaban J connectivity index is 1.20. The number of benzene rings is 2. The lowest BCUT2D eigenvalue weighted by Crippen LogP contribution is -2.57. The normalized spacial score (nSPS) is 18.7. The molecule has 10 heteroatoms. The summed E-state index contributed by atoms with van der Waals surface area (Å²) in [4.78, 5) is 40.7. The summed E-state index contributed by atoms with van der Waals surface area (Å²) >= 11 is 0. The summed E-state index contributed by atoms with van der Waals surface area (Å²) < 4.78 is 10.8. The van der Waals surface area contributed by atoms with Crippen LogP contribution in [0.15, 0.2) is 42.5 Å². The van der Waals surface area contributed by atoms with E-state index in [0.29, 0.717) is 50.0 Å². The summed E-state index contributed by atoms with van der Waals surface area (Å²) in [6.07, 6.45) is 4.33. The molecule has 0 aromatic heterocycles. The SMILES string of the molecule is O=C(NCc1ccc2c(c1)OCO2)C(C1CCCC1)N1CCN(C(=O)c2ccc([N+](=O)[O-])cc2)CC1. The van der Waals surface area contributed by atoms with Crippen molar-refractivity contribution in [3.05, 3.63) is 63.7 Å². The minimum absolute atomic E-state index is 0.0229. The lowest BCUT2D eigenvalue weighted by molar-refractivity contribution is -0.384. The quantitative estimate of drug-likeness (QED) is 0.465. The van der Waals surface area contributed by atoms with Gasteiger partial charge in [-0.25, -0.2) is 0 Å². The van der Waals surface area contributed by atoms with Crippen LogP contribution in [0.5, 0.6) is 11.5 Å². The lowest BCUT2D eigenvalue weighted by atomic mass is 9.94. The van der Waals surface area contributed by atoms with Crippen LogP contribution >= 0.6 is 0 Å². The number of hydrogen-bond donors (Lipinski definition) is 1. The number of fused-ring (bicyclic) bond motifs is 1. The number of nitrogens with zero attached hydrogens (tertiary/aromatic N) is 3. The van der Waals surface area contributed by atoms with Crippen LogP contribution in [0.2, 0.25) is 0 Å². The van der Waals surface area contributed by atoms with Crippen LogP contribution in [0.1, 0.15) is 41.6 Å². The summed E-state index contributed by atoms with van der Waals surface area (Å²) in [5.74, 6) is 1.60. The van der Waals surface area contributed by atoms with Crippen LogP contribution in [0.25, 0.3) is 0 Å². The second-order valence-electron chi connectivity index (χ2n) is 9.53. The highest BCUT2D eigenvalue weighted by atomic mass is 16.7. The first-order valence-electron chi connectivity index (χ1n) is 12.4. The van der Waals surface area contributed by atoms with E-state index in [4.69, 9.17) is 9.47 Å². The zero-order chi connectivity index (χ0) is 25.1. The Bertz CT molecular complexity index is 1120. The van der Waals surface area contributed by atoms with Crippen LogP contribution in [-0.2, 0) is 11.3 Å². The first-order chi connectivity index (χ1) is 17.5. The molecule has 2 heterocycles. The molecule has 5 rings (SSSR count). The number of hydrogen-bond acceptors (Lipinski definition) is 7. The molecule has 0 radical (unpaired) electrons. The number of non-ortho nitro benzene ring substituents is 1. The highest BCUT2D eigenvalue weighted by Gasteiger charge is 2.37. The maximum atomic E-state index is 13.4. The molecule has 1 saturated carbocycles. The molecule has 2 aromatic rings. The van der Waals surface area contributed by atoms with E-state index in [1.54, 1.807) is 4.90 Å². The van der Waals surface area contributed by atoms with Crippen molar-refractivity contribution >= 4 is 17.5 Å². The second kappa shape index (κ2) is 10.5. The van der Waals surface area contributed by atoms with Crippen LogP contribution < -0.4 is 14.8 Å². The number of carbonyl (C=O) groups is 2. The van der Waals surface area contributed by atoms with Gasteiger partial charge in [0.2, 0.25) is 12.7 Å². The fourth-order valence-corrected chi connectivity index (χ4v) is 5.41. The number of nitro groups is 1. The van der Waals surface area contributed by atoms with E-state index in [9.17, 15) is 19.7 Å². The van der Waals surface area contributed by atoms with Gasteiger partial charge >= 0.3 is 0 Å². The fraction of sp³-hybridized carbons (Fsp3) is 0.462. The average Bonchev–Trinajstić information content (AvgIpc) is 3.60. The van der Waals surface area contributed by atoms with Gasteiger partial charge in [-0.1, -0.05) is 18.9 Å². The van der Waals surface area contributed by atoms with Gasteiger partial charge in [-0.2, -0.15) is 0 Å². The van der Waals surface area contributed by atoms with Crippen molar-refractivity contribution in [2.45, 2.75) is 38.3 Å². The predicted molar refractivity (Wildman–Crippen MR) is 131 cm³/mol. The minimum Gasteiger partial charge on any atom is -0.454 e. The van der Waals surface area contributed by atoms with Gasteiger partial charge in [-0.05, 0) is 48.6 Å². The molecule has 3 aliphatic rings. The van der Waals surface area contributed by atoms with E-state index < -0.39 is 4.92 Å². The van der Waals surface area contributed by atoms with Gasteiger partial charge in [0.1, 0.15) is 0 Å². The molecular formula is C26H30N4O6. The highest BCUT2D eigenvalue weighted by Crippen LogP contribution is 2.33. The zero-order valence-electron chi connectivity index (χ0n) is 20.1. The molecule has 10 nitrogen and oxygen atoms in total. The van der Waals surface area contributed by atoms with Crippen molar-refractivity contribution in [3.8, 4) is 11.5 Å².